The van der Waals surface area contributed by atoms with Gasteiger partial charge in [0.2, 0.25) is 12.7 Å². The lowest BCUT2D eigenvalue weighted by Gasteiger charge is -2.40. The fraction of sp³-hybridized carbons (Fsp3) is 0.567. The van der Waals surface area contributed by atoms with E-state index < -0.39 is 17.6 Å². The van der Waals surface area contributed by atoms with Crippen molar-refractivity contribution in [3.8, 4) is 11.5 Å². The predicted octanol–water partition coefficient (Wildman–Crippen LogP) is 2.30. The van der Waals surface area contributed by atoms with Crippen LogP contribution in [0.5, 0.6) is 11.5 Å². The molecule has 0 aliphatic carbocycles. The summed E-state index contributed by atoms with van der Waals surface area (Å²) in [5.41, 5.74) is 1.38. The molecule has 0 saturated carbocycles. The lowest BCUT2D eigenvalue weighted by atomic mass is 9.74. The van der Waals surface area contributed by atoms with Crippen LogP contribution in [0.25, 0.3) is 0 Å². The van der Waals surface area contributed by atoms with Crippen LogP contribution in [-0.4, -0.2) is 88.7 Å². The maximum Gasteiger partial charge on any atom is 0.312 e. The SMILES string of the molecule is O=C(Cc1ccc2c(c1)OCO2)N1CCCCC2(CCN(Cc3ccncc3)CC2)C(=O)OC[C@@H](O)[C@@H](O)CC1. The van der Waals surface area contributed by atoms with Gasteiger partial charge in [-0.2, -0.15) is 0 Å². The Morgan fingerprint density at radius 1 is 0.900 bits per heavy atom. The zero-order valence-corrected chi connectivity index (χ0v) is 22.9. The second kappa shape index (κ2) is 13.0. The number of benzene rings is 1. The zero-order valence-electron chi connectivity index (χ0n) is 22.9. The third kappa shape index (κ3) is 6.92. The van der Waals surface area contributed by atoms with Gasteiger partial charge in [0.1, 0.15) is 12.7 Å². The first-order chi connectivity index (χ1) is 19.4. The Balaban J connectivity index is 1.22. The van der Waals surface area contributed by atoms with Crippen LogP contribution in [0.1, 0.15) is 49.7 Å². The molecule has 10 heteroatoms. The summed E-state index contributed by atoms with van der Waals surface area (Å²) in [6.07, 6.45) is 5.18. The molecule has 1 aromatic heterocycles. The zero-order chi connectivity index (χ0) is 28.0. The average molecular weight is 554 g/mol. The number of esters is 1. The number of hydrogen-bond acceptors (Lipinski definition) is 9. The molecule has 0 radical (unpaired) electrons. The van der Waals surface area contributed by atoms with E-state index in [0.29, 0.717) is 43.9 Å². The molecule has 3 aliphatic rings. The van der Waals surface area contributed by atoms with Gasteiger partial charge in [0.15, 0.2) is 11.5 Å². The molecule has 10 nitrogen and oxygen atoms in total. The van der Waals surface area contributed by atoms with Crippen molar-refractivity contribution in [2.24, 2.45) is 5.41 Å². The fourth-order valence-corrected chi connectivity index (χ4v) is 5.81. The van der Waals surface area contributed by atoms with Gasteiger partial charge in [-0.15, -0.1) is 0 Å². The van der Waals surface area contributed by atoms with E-state index in [1.54, 1.807) is 17.3 Å². The average Bonchev–Trinajstić information content (AvgIpc) is 3.44. The minimum absolute atomic E-state index is 0.0538. The van der Waals surface area contributed by atoms with Gasteiger partial charge in [0.05, 0.1) is 17.9 Å². The predicted molar refractivity (Wildman–Crippen MR) is 145 cm³/mol. The van der Waals surface area contributed by atoms with Gasteiger partial charge < -0.3 is 29.3 Å². The number of fused-ring (bicyclic) bond motifs is 1. The van der Waals surface area contributed by atoms with Crippen molar-refractivity contribution in [3.05, 3.63) is 53.9 Å². The number of hydrogen-bond donors (Lipinski definition) is 2. The Hall–Kier alpha value is -3.21. The van der Waals surface area contributed by atoms with Crippen LogP contribution in [0.4, 0.5) is 0 Å². The maximum atomic E-state index is 13.3. The van der Waals surface area contributed by atoms with Crippen LogP contribution < -0.4 is 9.47 Å². The van der Waals surface area contributed by atoms with Gasteiger partial charge in [0, 0.05) is 32.0 Å². The van der Waals surface area contributed by atoms with Gasteiger partial charge in [0.25, 0.3) is 0 Å². The van der Waals surface area contributed by atoms with E-state index in [9.17, 15) is 19.8 Å². The normalized spacial score (nSPS) is 24.1. The minimum atomic E-state index is -1.21. The highest BCUT2D eigenvalue weighted by Gasteiger charge is 2.42. The third-order valence-corrected chi connectivity index (χ3v) is 8.40. The molecule has 1 spiro atoms. The number of piperidine rings is 1. The van der Waals surface area contributed by atoms with Gasteiger partial charge in [-0.25, -0.2) is 0 Å². The number of aliphatic hydroxyl groups excluding tert-OH is 2. The van der Waals surface area contributed by atoms with E-state index in [4.69, 9.17) is 14.2 Å². The van der Waals surface area contributed by atoms with Crippen molar-refractivity contribution in [1.82, 2.24) is 14.8 Å². The molecule has 2 saturated heterocycles. The van der Waals surface area contributed by atoms with E-state index in [2.05, 4.69) is 9.88 Å². The Bertz CT molecular complexity index is 1150. The summed E-state index contributed by atoms with van der Waals surface area (Å²) < 4.78 is 16.4. The van der Waals surface area contributed by atoms with Crippen molar-refractivity contribution in [2.45, 2.75) is 63.7 Å². The molecule has 5 rings (SSSR count). The Morgan fingerprint density at radius 2 is 1.68 bits per heavy atom. The summed E-state index contributed by atoms with van der Waals surface area (Å²) in [7, 11) is 0. The number of cyclic esters (lactones) is 1. The first-order valence-corrected chi connectivity index (χ1v) is 14.2. The van der Waals surface area contributed by atoms with Crippen molar-refractivity contribution >= 4 is 11.9 Å². The molecular weight excluding hydrogens is 514 g/mol. The number of aliphatic hydroxyl groups is 2. The minimum Gasteiger partial charge on any atom is -0.462 e. The van der Waals surface area contributed by atoms with E-state index >= 15 is 0 Å². The number of rotatable bonds is 4. The monoisotopic (exact) mass is 553 g/mol. The molecule has 1 amide bonds. The molecule has 2 N–H and O–H groups in total. The summed E-state index contributed by atoms with van der Waals surface area (Å²) in [5.74, 6) is 0.958. The Morgan fingerprint density at radius 3 is 2.48 bits per heavy atom. The highest BCUT2D eigenvalue weighted by Crippen LogP contribution is 2.39. The van der Waals surface area contributed by atoms with Crippen LogP contribution >= 0.6 is 0 Å². The highest BCUT2D eigenvalue weighted by molar-refractivity contribution is 5.79. The van der Waals surface area contributed by atoms with E-state index in [-0.39, 0.29) is 38.1 Å². The number of likely N-dealkylation sites (tertiary alicyclic amines) is 1. The van der Waals surface area contributed by atoms with E-state index in [1.165, 1.54) is 5.56 Å². The number of nitrogens with zero attached hydrogens (tertiary/aromatic N) is 3. The van der Waals surface area contributed by atoms with Crippen molar-refractivity contribution in [2.75, 3.05) is 39.6 Å². The maximum absolute atomic E-state index is 13.3. The molecular formula is C30H39N3O7. The third-order valence-electron chi connectivity index (χ3n) is 8.40. The smallest absolute Gasteiger partial charge is 0.312 e. The molecule has 4 heterocycles. The number of carbonyl (C=O) groups excluding carboxylic acids is 2. The molecule has 0 unspecified atom stereocenters. The second-order valence-electron chi connectivity index (χ2n) is 11.1. The lowest BCUT2D eigenvalue weighted by Crippen LogP contribution is -2.45. The molecule has 2 fully saturated rings. The van der Waals surface area contributed by atoms with E-state index in [1.807, 2.05) is 30.3 Å². The molecule has 2 atom stereocenters. The van der Waals surface area contributed by atoms with Crippen molar-refractivity contribution < 1.29 is 34.0 Å². The molecule has 1 aromatic carbocycles. The van der Waals surface area contributed by atoms with Crippen LogP contribution in [0.3, 0.4) is 0 Å². The van der Waals surface area contributed by atoms with Crippen LogP contribution in [0.2, 0.25) is 0 Å². The summed E-state index contributed by atoms with van der Waals surface area (Å²) in [6, 6.07) is 9.50. The van der Waals surface area contributed by atoms with Crippen LogP contribution in [0.15, 0.2) is 42.7 Å². The molecule has 2 aromatic rings. The largest absolute Gasteiger partial charge is 0.462 e. The Kier molecular flexibility index (Phi) is 9.18. The quantitative estimate of drug-likeness (QED) is 0.550. The molecule has 40 heavy (non-hydrogen) atoms. The van der Waals surface area contributed by atoms with Crippen molar-refractivity contribution in [3.63, 3.8) is 0 Å². The number of amides is 1. The van der Waals surface area contributed by atoms with Gasteiger partial charge in [-0.1, -0.05) is 12.5 Å². The first kappa shape index (κ1) is 28.3. The fourth-order valence-electron chi connectivity index (χ4n) is 5.81. The van der Waals surface area contributed by atoms with Crippen molar-refractivity contribution in [1.29, 1.82) is 0 Å². The number of ether oxygens (including phenoxy) is 3. The highest BCUT2D eigenvalue weighted by atomic mass is 16.7. The second-order valence-corrected chi connectivity index (χ2v) is 11.1. The Labute approximate surface area is 234 Å². The summed E-state index contributed by atoms with van der Waals surface area (Å²) in [4.78, 5) is 34.8. The van der Waals surface area contributed by atoms with Gasteiger partial charge in [-0.05, 0) is 80.6 Å². The number of pyridine rings is 1. The van der Waals surface area contributed by atoms with Gasteiger partial charge in [-0.3, -0.25) is 19.5 Å². The summed E-state index contributed by atoms with van der Waals surface area (Å²) in [5, 5.41) is 21.1. The molecule has 216 valence electrons. The molecule has 3 aliphatic heterocycles. The van der Waals surface area contributed by atoms with Crippen LogP contribution in [-0.2, 0) is 27.3 Å². The van der Waals surface area contributed by atoms with Crippen LogP contribution in [0, 0.1) is 5.41 Å². The summed E-state index contributed by atoms with van der Waals surface area (Å²) in [6.45, 7) is 3.09. The lowest BCUT2D eigenvalue weighted by molar-refractivity contribution is -0.165. The first-order valence-electron chi connectivity index (χ1n) is 14.2. The number of aromatic nitrogens is 1. The standard InChI is InChI=1S/C30H39N3O7/c34-24-7-14-33(28(36)18-23-3-4-26-27(17-23)40-21-39-26)13-2-1-8-30(29(37)38-20-25(24)35)9-15-32(16-10-30)19-22-5-11-31-12-6-22/h3-6,11-12,17,24-25,34-35H,1-2,7-10,13-16,18-21H2/t24-,25+/m0/s1. The number of carbonyl (C=O) groups is 2. The molecule has 0 bridgehead atoms. The van der Waals surface area contributed by atoms with E-state index in [0.717, 1.165) is 38.0 Å². The summed E-state index contributed by atoms with van der Waals surface area (Å²) >= 11 is 0. The van der Waals surface area contributed by atoms with Gasteiger partial charge >= 0.3 is 5.97 Å². The topological polar surface area (TPSA) is 122 Å².